The van der Waals surface area contributed by atoms with E-state index in [1.165, 1.54) is 10.7 Å². The van der Waals surface area contributed by atoms with E-state index in [0.29, 0.717) is 5.92 Å². The summed E-state index contributed by atoms with van der Waals surface area (Å²) in [5.41, 5.74) is 1.19. The standard InChI is InChI=1S/C12H20N4S/c1-9(2)11-15-10(8-17-11)4-5-13-12-14-6-7-16(12)3/h8-9H,4-7H2,1-3H3,(H,13,14). The molecule has 0 bridgehead atoms. The van der Waals surface area contributed by atoms with Crippen molar-refractivity contribution in [2.75, 3.05) is 26.7 Å². The van der Waals surface area contributed by atoms with Gasteiger partial charge in [-0.1, -0.05) is 13.8 Å². The summed E-state index contributed by atoms with van der Waals surface area (Å²) in [4.78, 5) is 11.2. The SMILES string of the molecule is CC(C)c1nc(CCNC2=NCCN2C)cs1. The minimum atomic E-state index is 0.534. The van der Waals surface area contributed by atoms with Crippen molar-refractivity contribution in [3.05, 3.63) is 16.1 Å². The van der Waals surface area contributed by atoms with Crippen LogP contribution in [0.2, 0.25) is 0 Å². The highest BCUT2D eigenvalue weighted by molar-refractivity contribution is 7.09. The third-order valence-electron chi connectivity index (χ3n) is 2.79. The molecule has 4 nitrogen and oxygen atoms in total. The van der Waals surface area contributed by atoms with E-state index in [1.54, 1.807) is 11.3 Å². The number of thiazole rings is 1. The van der Waals surface area contributed by atoms with Crippen LogP contribution in [-0.4, -0.2) is 42.5 Å². The van der Waals surface area contributed by atoms with E-state index >= 15 is 0 Å². The molecule has 2 heterocycles. The molecule has 0 atom stereocenters. The van der Waals surface area contributed by atoms with Gasteiger partial charge in [-0.3, -0.25) is 4.99 Å². The van der Waals surface area contributed by atoms with Crippen molar-refractivity contribution in [2.24, 2.45) is 4.99 Å². The highest BCUT2D eigenvalue weighted by Gasteiger charge is 2.11. The van der Waals surface area contributed by atoms with Crippen LogP contribution in [0, 0.1) is 0 Å². The van der Waals surface area contributed by atoms with Gasteiger partial charge in [-0.2, -0.15) is 0 Å². The summed E-state index contributed by atoms with van der Waals surface area (Å²) in [5, 5.41) is 6.75. The van der Waals surface area contributed by atoms with Crippen LogP contribution >= 0.6 is 11.3 Å². The number of nitrogens with zero attached hydrogens (tertiary/aromatic N) is 3. The Labute approximate surface area is 107 Å². The van der Waals surface area contributed by atoms with Crippen molar-refractivity contribution in [3.8, 4) is 0 Å². The van der Waals surface area contributed by atoms with Gasteiger partial charge >= 0.3 is 0 Å². The van der Waals surface area contributed by atoms with Crippen LogP contribution in [0.4, 0.5) is 0 Å². The van der Waals surface area contributed by atoms with Crippen LogP contribution in [0.5, 0.6) is 0 Å². The first-order valence-electron chi connectivity index (χ1n) is 6.10. The van der Waals surface area contributed by atoms with Gasteiger partial charge in [0.1, 0.15) is 0 Å². The van der Waals surface area contributed by atoms with Crippen molar-refractivity contribution < 1.29 is 0 Å². The average molecular weight is 252 g/mol. The Morgan fingerprint density at radius 3 is 2.94 bits per heavy atom. The van der Waals surface area contributed by atoms with E-state index in [0.717, 1.165) is 32.0 Å². The number of rotatable bonds is 4. The molecule has 0 amide bonds. The summed E-state index contributed by atoms with van der Waals surface area (Å²) < 4.78 is 0. The highest BCUT2D eigenvalue weighted by atomic mass is 32.1. The largest absolute Gasteiger partial charge is 0.356 e. The van der Waals surface area contributed by atoms with Gasteiger partial charge in [-0.15, -0.1) is 11.3 Å². The topological polar surface area (TPSA) is 40.5 Å². The molecule has 0 spiro atoms. The fourth-order valence-electron chi connectivity index (χ4n) is 1.73. The van der Waals surface area contributed by atoms with Gasteiger partial charge in [-0.25, -0.2) is 4.98 Å². The van der Waals surface area contributed by atoms with Crippen LogP contribution in [-0.2, 0) is 6.42 Å². The molecule has 5 heteroatoms. The van der Waals surface area contributed by atoms with E-state index in [4.69, 9.17) is 0 Å². The summed E-state index contributed by atoms with van der Waals surface area (Å²) in [5.74, 6) is 1.55. The van der Waals surface area contributed by atoms with E-state index in [2.05, 4.69) is 46.5 Å². The number of hydrogen-bond donors (Lipinski definition) is 1. The minimum Gasteiger partial charge on any atom is -0.356 e. The van der Waals surface area contributed by atoms with Gasteiger partial charge in [0.15, 0.2) is 5.96 Å². The van der Waals surface area contributed by atoms with Gasteiger partial charge in [0.05, 0.1) is 17.2 Å². The Balaban J connectivity index is 1.78. The molecule has 0 saturated carbocycles. The number of guanidine groups is 1. The van der Waals surface area contributed by atoms with Crippen LogP contribution < -0.4 is 5.32 Å². The van der Waals surface area contributed by atoms with Gasteiger partial charge in [0.25, 0.3) is 0 Å². The fraction of sp³-hybridized carbons (Fsp3) is 0.667. The van der Waals surface area contributed by atoms with Gasteiger partial charge in [0.2, 0.25) is 0 Å². The maximum atomic E-state index is 4.62. The summed E-state index contributed by atoms with van der Waals surface area (Å²) in [6.07, 6.45) is 0.968. The third kappa shape index (κ3) is 3.19. The molecule has 1 aromatic rings. The second-order valence-corrected chi connectivity index (χ2v) is 5.53. The Kier molecular flexibility index (Phi) is 3.99. The molecule has 94 valence electrons. The van der Waals surface area contributed by atoms with Crippen molar-refractivity contribution >= 4 is 17.3 Å². The van der Waals surface area contributed by atoms with Crippen LogP contribution in [0.15, 0.2) is 10.4 Å². The number of aliphatic imine (C=N–C) groups is 1. The number of nitrogens with one attached hydrogen (secondary N) is 1. The molecule has 0 aliphatic carbocycles. The zero-order valence-electron chi connectivity index (χ0n) is 10.7. The lowest BCUT2D eigenvalue weighted by atomic mass is 10.2. The predicted octanol–water partition coefficient (Wildman–Crippen LogP) is 1.70. The minimum absolute atomic E-state index is 0.534. The number of likely N-dealkylation sites (N-methyl/N-ethyl adjacent to an activating group) is 1. The molecule has 1 aliphatic rings. The van der Waals surface area contributed by atoms with E-state index in [1.807, 2.05) is 0 Å². The Bertz CT molecular complexity index is 397. The van der Waals surface area contributed by atoms with Crippen LogP contribution in [0.25, 0.3) is 0 Å². The summed E-state index contributed by atoms with van der Waals surface area (Å²) in [6.45, 7) is 7.21. The number of hydrogen-bond acceptors (Lipinski definition) is 5. The first kappa shape index (κ1) is 12.4. The lowest BCUT2D eigenvalue weighted by Crippen LogP contribution is -2.36. The maximum Gasteiger partial charge on any atom is 0.193 e. The molecule has 0 saturated heterocycles. The Morgan fingerprint density at radius 1 is 1.53 bits per heavy atom. The average Bonchev–Trinajstić information content (AvgIpc) is 2.89. The lowest BCUT2D eigenvalue weighted by Gasteiger charge is -2.14. The summed E-state index contributed by atoms with van der Waals surface area (Å²) >= 11 is 1.76. The maximum absolute atomic E-state index is 4.62. The molecule has 0 fully saturated rings. The summed E-state index contributed by atoms with van der Waals surface area (Å²) in [6, 6.07) is 0. The molecule has 1 aromatic heterocycles. The smallest absolute Gasteiger partial charge is 0.193 e. The van der Waals surface area contributed by atoms with Gasteiger partial charge in [-0.05, 0) is 0 Å². The van der Waals surface area contributed by atoms with Crippen molar-refractivity contribution in [3.63, 3.8) is 0 Å². The van der Waals surface area contributed by atoms with Gasteiger partial charge < -0.3 is 10.2 Å². The van der Waals surface area contributed by atoms with E-state index in [-0.39, 0.29) is 0 Å². The molecule has 1 aliphatic heterocycles. The first-order chi connectivity index (χ1) is 8.16. The highest BCUT2D eigenvalue weighted by Crippen LogP contribution is 2.19. The number of aromatic nitrogens is 1. The second kappa shape index (κ2) is 5.49. The zero-order valence-corrected chi connectivity index (χ0v) is 11.5. The van der Waals surface area contributed by atoms with E-state index in [9.17, 15) is 0 Å². The zero-order chi connectivity index (χ0) is 12.3. The van der Waals surface area contributed by atoms with Crippen molar-refractivity contribution in [2.45, 2.75) is 26.2 Å². The normalized spacial score (nSPS) is 15.5. The molecule has 0 aromatic carbocycles. The summed E-state index contributed by atoms with van der Waals surface area (Å²) in [7, 11) is 2.07. The third-order valence-corrected chi connectivity index (χ3v) is 3.98. The predicted molar refractivity (Wildman–Crippen MR) is 72.8 cm³/mol. The Morgan fingerprint density at radius 2 is 2.35 bits per heavy atom. The molecule has 0 radical (unpaired) electrons. The molecule has 17 heavy (non-hydrogen) atoms. The van der Waals surface area contributed by atoms with Gasteiger partial charge in [0, 0.05) is 37.9 Å². The van der Waals surface area contributed by atoms with Crippen LogP contribution in [0.1, 0.15) is 30.5 Å². The molecular formula is C12H20N4S. The molecule has 2 rings (SSSR count). The Hall–Kier alpha value is -1.10. The van der Waals surface area contributed by atoms with Crippen molar-refractivity contribution in [1.82, 2.24) is 15.2 Å². The first-order valence-corrected chi connectivity index (χ1v) is 6.98. The molecule has 1 N–H and O–H groups in total. The lowest BCUT2D eigenvalue weighted by molar-refractivity contribution is 0.534. The molecule has 0 unspecified atom stereocenters. The quantitative estimate of drug-likeness (QED) is 0.886. The monoisotopic (exact) mass is 252 g/mol. The van der Waals surface area contributed by atoms with Crippen LogP contribution in [0.3, 0.4) is 0 Å². The van der Waals surface area contributed by atoms with Crippen molar-refractivity contribution in [1.29, 1.82) is 0 Å². The van der Waals surface area contributed by atoms with E-state index < -0.39 is 0 Å². The second-order valence-electron chi connectivity index (χ2n) is 4.64. The fourth-order valence-corrected chi connectivity index (χ4v) is 2.60. The molecular weight excluding hydrogens is 232 g/mol.